The maximum atomic E-state index is 13.2. The molecule has 2 amide bonds. The monoisotopic (exact) mass is 385 g/mol. The Morgan fingerprint density at radius 2 is 1.75 bits per heavy atom. The third-order valence-electron chi connectivity index (χ3n) is 7.42. The molecule has 6 heteroatoms. The number of nitrogens with zero attached hydrogens (tertiary/aromatic N) is 3. The van der Waals surface area contributed by atoms with Gasteiger partial charge in [-0.3, -0.25) is 14.5 Å². The molecule has 6 nitrogen and oxygen atoms in total. The standard InChI is InChI=1S/C22H31N3O3/c1-17(26)25-15-21(22(16-25)10-11-23(2)20(22)27)8-12-24(13-9-21)14-18-4-6-19(28-3)7-5-18/h4-7H,8-16H2,1-3H3. The van der Waals surface area contributed by atoms with Crippen LogP contribution in [0.4, 0.5) is 0 Å². The highest BCUT2D eigenvalue weighted by molar-refractivity contribution is 5.88. The van der Waals surface area contributed by atoms with E-state index < -0.39 is 0 Å². The molecule has 0 N–H and O–H groups in total. The minimum atomic E-state index is -0.375. The lowest BCUT2D eigenvalue weighted by atomic mass is 9.60. The summed E-state index contributed by atoms with van der Waals surface area (Å²) in [7, 11) is 3.59. The van der Waals surface area contributed by atoms with E-state index >= 15 is 0 Å². The third kappa shape index (κ3) is 2.98. The van der Waals surface area contributed by atoms with Gasteiger partial charge in [-0.05, 0) is 50.0 Å². The molecular formula is C22H31N3O3. The van der Waals surface area contributed by atoms with Crippen molar-refractivity contribution in [2.24, 2.45) is 10.8 Å². The molecule has 3 fully saturated rings. The molecule has 0 aromatic heterocycles. The first kappa shape index (κ1) is 19.2. The SMILES string of the molecule is COc1ccc(CN2CCC3(CC2)CN(C(C)=O)CC32CCN(C)C2=O)cc1. The summed E-state index contributed by atoms with van der Waals surface area (Å²) < 4.78 is 5.24. The normalized spacial score (nSPS) is 27.2. The lowest BCUT2D eigenvalue weighted by molar-refractivity contribution is -0.141. The topological polar surface area (TPSA) is 53.1 Å². The van der Waals surface area contributed by atoms with E-state index in [-0.39, 0.29) is 22.6 Å². The summed E-state index contributed by atoms with van der Waals surface area (Å²) in [4.78, 5) is 31.6. The fourth-order valence-corrected chi connectivity index (χ4v) is 5.62. The van der Waals surface area contributed by atoms with Crippen molar-refractivity contribution in [3.8, 4) is 5.75 Å². The first-order valence-corrected chi connectivity index (χ1v) is 10.3. The number of likely N-dealkylation sites (tertiary alicyclic amines) is 3. The second kappa shape index (κ2) is 7.07. The van der Waals surface area contributed by atoms with Crippen LogP contribution in [0.2, 0.25) is 0 Å². The van der Waals surface area contributed by atoms with Gasteiger partial charge in [-0.2, -0.15) is 0 Å². The number of amides is 2. The van der Waals surface area contributed by atoms with Crippen LogP contribution in [-0.2, 0) is 16.1 Å². The Morgan fingerprint density at radius 1 is 1.07 bits per heavy atom. The maximum Gasteiger partial charge on any atom is 0.231 e. The number of carbonyl (C=O) groups is 2. The van der Waals surface area contributed by atoms with E-state index in [4.69, 9.17) is 4.74 Å². The Hall–Kier alpha value is -2.08. The minimum Gasteiger partial charge on any atom is -0.497 e. The van der Waals surface area contributed by atoms with Crippen LogP contribution in [0.1, 0.15) is 31.7 Å². The van der Waals surface area contributed by atoms with Crippen molar-refractivity contribution in [2.45, 2.75) is 32.7 Å². The van der Waals surface area contributed by atoms with E-state index in [0.29, 0.717) is 6.54 Å². The lowest BCUT2D eigenvalue weighted by Crippen LogP contribution is -2.52. The fraction of sp³-hybridized carbons (Fsp3) is 0.636. The Morgan fingerprint density at radius 3 is 2.29 bits per heavy atom. The van der Waals surface area contributed by atoms with Crippen LogP contribution in [0.15, 0.2) is 24.3 Å². The summed E-state index contributed by atoms with van der Waals surface area (Å²) in [6.07, 6.45) is 2.84. The molecule has 0 saturated carbocycles. The second-order valence-electron chi connectivity index (χ2n) is 8.84. The first-order chi connectivity index (χ1) is 13.4. The predicted octanol–water partition coefficient (Wildman–Crippen LogP) is 1.99. The van der Waals surface area contributed by atoms with Crippen LogP contribution in [0.25, 0.3) is 0 Å². The van der Waals surface area contributed by atoms with Crippen molar-refractivity contribution in [2.75, 3.05) is 46.9 Å². The highest BCUT2D eigenvalue weighted by atomic mass is 16.5. The van der Waals surface area contributed by atoms with Gasteiger partial charge in [-0.25, -0.2) is 0 Å². The van der Waals surface area contributed by atoms with Gasteiger partial charge in [0.1, 0.15) is 5.75 Å². The Bertz CT molecular complexity index is 755. The largest absolute Gasteiger partial charge is 0.497 e. The molecule has 1 atom stereocenters. The summed E-state index contributed by atoms with van der Waals surface area (Å²) in [5.74, 6) is 1.22. The smallest absolute Gasteiger partial charge is 0.231 e. The van der Waals surface area contributed by atoms with Crippen molar-refractivity contribution >= 4 is 11.8 Å². The van der Waals surface area contributed by atoms with Gasteiger partial charge in [0.05, 0.1) is 12.5 Å². The number of ether oxygens (including phenoxy) is 1. The molecule has 2 spiro atoms. The first-order valence-electron chi connectivity index (χ1n) is 10.3. The highest BCUT2D eigenvalue weighted by Crippen LogP contribution is 2.57. The van der Waals surface area contributed by atoms with E-state index in [1.807, 2.05) is 29.0 Å². The van der Waals surface area contributed by atoms with E-state index in [2.05, 4.69) is 17.0 Å². The average Bonchev–Trinajstić information content (AvgIpc) is 3.18. The van der Waals surface area contributed by atoms with Gasteiger partial charge in [0.25, 0.3) is 0 Å². The van der Waals surface area contributed by atoms with Crippen LogP contribution in [0.3, 0.4) is 0 Å². The van der Waals surface area contributed by atoms with Crippen molar-refractivity contribution < 1.29 is 14.3 Å². The molecule has 3 aliphatic rings. The average molecular weight is 386 g/mol. The molecule has 3 saturated heterocycles. The van der Waals surface area contributed by atoms with Gasteiger partial charge in [-0.15, -0.1) is 0 Å². The number of hydrogen-bond acceptors (Lipinski definition) is 4. The molecule has 1 aromatic carbocycles. The maximum absolute atomic E-state index is 13.2. The fourth-order valence-electron chi connectivity index (χ4n) is 5.62. The second-order valence-corrected chi connectivity index (χ2v) is 8.84. The van der Waals surface area contributed by atoms with Gasteiger partial charge < -0.3 is 14.5 Å². The molecule has 3 heterocycles. The highest BCUT2D eigenvalue weighted by Gasteiger charge is 2.65. The summed E-state index contributed by atoms with van der Waals surface area (Å²) in [5, 5.41) is 0. The van der Waals surface area contributed by atoms with Crippen molar-refractivity contribution in [1.29, 1.82) is 0 Å². The zero-order valence-corrected chi connectivity index (χ0v) is 17.2. The number of carbonyl (C=O) groups excluding carboxylic acids is 2. The Kier molecular flexibility index (Phi) is 4.86. The molecule has 1 aromatic rings. The number of fused-ring (bicyclic) bond motifs is 1. The number of hydrogen-bond donors (Lipinski definition) is 0. The zero-order valence-electron chi connectivity index (χ0n) is 17.2. The molecule has 28 heavy (non-hydrogen) atoms. The number of benzene rings is 1. The van der Waals surface area contributed by atoms with E-state index in [0.717, 1.165) is 57.7 Å². The van der Waals surface area contributed by atoms with E-state index in [9.17, 15) is 9.59 Å². The summed E-state index contributed by atoms with van der Waals surface area (Å²) in [6, 6.07) is 8.25. The third-order valence-corrected chi connectivity index (χ3v) is 7.42. The number of methoxy groups -OCH3 is 1. The van der Waals surface area contributed by atoms with Crippen molar-refractivity contribution in [1.82, 2.24) is 14.7 Å². The number of piperidine rings is 1. The lowest BCUT2D eigenvalue weighted by Gasteiger charge is -2.46. The van der Waals surface area contributed by atoms with Crippen molar-refractivity contribution in [3.05, 3.63) is 29.8 Å². The van der Waals surface area contributed by atoms with E-state index in [1.54, 1.807) is 14.0 Å². The van der Waals surface area contributed by atoms with E-state index in [1.165, 1.54) is 5.56 Å². The van der Waals surface area contributed by atoms with Crippen LogP contribution >= 0.6 is 0 Å². The summed E-state index contributed by atoms with van der Waals surface area (Å²) in [6.45, 7) is 6.63. The zero-order chi connectivity index (χ0) is 19.9. The molecule has 1 unspecified atom stereocenters. The molecule has 0 bridgehead atoms. The van der Waals surface area contributed by atoms with Gasteiger partial charge in [0, 0.05) is 45.6 Å². The minimum absolute atomic E-state index is 0.0725. The molecular weight excluding hydrogens is 354 g/mol. The van der Waals surface area contributed by atoms with Gasteiger partial charge in [0.15, 0.2) is 0 Å². The van der Waals surface area contributed by atoms with Gasteiger partial charge in [-0.1, -0.05) is 12.1 Å². The summed E-state index contributed by atoms with van der Waals surface area (Å²) >= 11 is 0. The summed E-state index contributed by atoms with van der Waals surface area (Å²) in [5.41, 5.74) is 0.830. The van der Waals surface area contributed by atoms with Crippen LogP contribution < -0.4 is 4.74 Å². The Balaban J connectivity index is 1.49. The molecule has 4 rings (SSSR count). The quantitative estimate of drug-likeness (QED) is 0.799. The van der Waals surface area contributed by atoms with Gasteiger partial charge in [0.2, 0.25) is 11.8 Å². The van der Waals surface area contributed by atoms with Crippen LogP contribution in [-0.4, -0.2) is 73.4 Å². The van der Waals surface area contributed by atoms with Crippen molar-refractivity contribution in [3.63, 3.8) is 0 Å². The van der Waals surface area contributed by atoms with Crippen LogP contribution in [0, 0.1) is 10.8 Å². The van der Waals surface area contributed by atoms with Gasteiger partial charge >= 0.3 is 0 Å². The predicted molar refractivity (Wildman–Crippen MR) is 107 cm³/mol. The molecule has 3 aliphatic heterocycles. The molecule has 152 valence electrons. The number of rotatable bonds is 3. The van der Waals surface area contributed by atoms with Crippen LogP contribution in [0.5, 0.6) is 5.75 Å². The molecule has 0 aliphatic carbocycles. The Labute approximate surface area is 167 Å². The molecule has 0 radical (unpaired) electrons.